The first kappa shape index (κ1) is 11.7. The highest BCUT2D eigenvalue weighted by atomic mass is 19.1. The van der Waals surface area contributed by atoms with Crippen LogP contribution in [0.1, 0.15) is 17.2 Å². The zero-order valence-corrected chi connectivity index (χ0v) is 9.60. The number of aromatic nitrogens is 2. The van der Waals surface area contributed by atoms with Crippen LogP contribution >= 0.6 is 0 Å². The van der Waals surface area contributed by atoms with Crippen molar-refractivity contribution in [1.82, 2.24) is 15.3 Å². The quantitative estimate of drug-likeness (QED) is 0.875. The molecule has 0 aliphatic carbocycles. The van der Waals surface area contributed by atoms with E-state index < -0.39 is 0 Å². The molecule has 4 heteroatoms. The zero-order valence-electron chi connectivity index (χ0n) is 9.60. The second kappa shape index (κ2) is 5.50. The van der Waals surface area contributed by atoms with Gasteiger partial charge in [-0.3, -0.25) is 9.97 Å². The Labute approximate surface area is 99.7 Å². The summed E-state index contributed by atoms with van der Waals surface area (Å²) in [5.74, 6) is -0.282. The summed E-state index contributed by atoms with van der Waals surface area (Å²) in [4.78, 5) is 7.81. The lowest BCUT2D eigenvalue weighted by atomic mass is 10.0. The lowest BCUT2D eigenvalue weighted by Gasteiger charge is -2.16. The van der Waals surface area contributed by atoms with Gasteiger partial charge in [0.1, 0.15) is 5.82 Å². The van der Waals surface area contributed by atoms with E-state index in [1.165, 1.54) is 6.20 Å². The number of rotatable bonds is 4. The van der Waals surface area contributed by atoms with E-state index in [1.54, 1.807) is 24.7 Å². The van der Waals surface area contributed by atoms with Gasteiger partial charge in [0.05, 0.1) is 6.20 Å². The fourth-order valence-electron chi connectivity index (χ4n) is 1.79. The van der Waals surface area contributed by atoms with E-state index in [2.05, 4.69) is 15.3 Å². The Hall–Kier alpha value is -1.81. The molecule has 1 atom stereocenters. The van der Waals surface area contributed by atoms with Gasteiger partial charge < -0.3 is 5.32 Å². The Balaban J connectivity index is 2.21. The Morgan fingerprint density at radius 2 is 2.06 bits per heavy atom. The van der Waals surface area contributed by atoms with E-state index >= 15 is 0 Å². The molecule has 0 saturated carbocycles. The lowest BCUT2D eigenvalue weighted by molar-refractivity contribution is 0.530. The summed E-state index contributed by atoms with van der Waals surface area (Å²) >= 11 is 0. The SMILES string of the molecule is CNC(Cc1cccnc1)c1ccncc1F. The molecule has 88 valence electrons. The van der Waals surface area contributed by atoms with Crippen LogP contribution in [-0.2, 0) is 6.42 Å². The maximum Gasteiger partial charge on any atom is 0.146 e. The summed E-state index contributed by atoms with van der Waals surface area (Å²) in [6.45, 7) is 0. The number of hydrogen-bond acceptors (Lipinski definition) is 3. The summed E-state index contributed by atoms with van der Waals surface area (Å²) < 4.78 is 13.6. The zero-order chi connectivity index (χ0) is 12.1. The van der Waals surface area contributed by atoms with E-state index in [4.69, 9.17) is 0 Å². The van der Waals surface area contributed by atoms with Crippen LogP contribution < -0.4 is 5.32 Å². The molecule has 0 aliphatic rings. The molecule has 0 aromatic carbocycles. The Kier molecular flexibility index (Phi) is 3.77. The van der Waals surface area contributed by atoms with Crippen molar-refractivity contribution in [2.24, 2.45) is 0 Å². The summed E-state index contributed by atoms with van der Waals surface area (Å²) in [6.07, 6.45) is 7.06. The number of nitrogens with zero attached hydrogens (tertiary/aromatic N) is 2. The van der Waals surface area contributed by atoms with Gasteiger partial charge in [0, 0.05) is 30.2 Å². The van der Waals surface area contributed by atoms with Crippen LogP contribution in [0.25, 0.3) is 0 Å². The molecule has 2 rings (SSSR count). The Morgan fingerprint density at radius 3 is 2.71 bits per heavy atom. The minimum atomic E-state index is -0.282. The van der Waals surface area contributed by atoms with Crippen LogP contribution in [0.4, 0.5) is 4.39 Å². The topological polar surface area (TPSA) is 37.8 Å². The molecular weight excluding hydrogens is 217 g/mol. The van der Waals surface area contributed by atoms with Gasteiger partial charge in [-0.2, -0.15) is 0 Å². The van der Waals surface area contributed by atoms with Crippen molar-refractivity contribution in [2.75, 3.05) is 7.05 Å². The maximum atomic E-state index is 13.6. The highest BCUT2D eigenvalue weighted by molar-refractivity contribution is 5.21. The summed E-state index contributed by atoms with van der Waals surface area (Å²) in [5.41, 5.74) is 1.70. The van der Waals surface area contributed by atoms with Crippen molar-refractivity contribution in [3.05, 3.63) is 59.9 Å². The van der Waals surface area contributed by atoms with Crippen molar-refractivity contribution < 1.29 is 4.39 Å². The fraction of sp³-hybridized carbons (Fsp3) is 0.231. The summed E-state index contributed by atoms with van der Waals surface area (Å²) in [6, 6.07) is 5.50. The van der Waals surface area contributed by atoms with Crippen LogP contribution in [0, 0.1) is 5.82 Å². The van der Waals surface area contributed by atoms with Gasteiger partial charge in [-0.05, 0) is 31.2 Å². The van der Waals surface area contributed by atoms with Crippen LogP contribution in [0.5, 0.6) is 0 Å². The molecule has 0 saturated heterocycles. The van der Waals surface area contributed by atoms with E-state index in [9.17, 15) is 4.39 Å². The molecule has 0 radical (unpaired) electrons. The predicted molar refractivity (Wildman–Crippen MR) is 63.9 cm³/mol. The van der Waals surface area contributed by atoms with Gasteiger partial charge in [-0.1, -0.05) is 6.07 Å². The molecule has 17 heavy (non-hydrogen) atoms. The van der Waals surface area contributed by atoms with E-state index in [0.717, 1.165) is 5.56 Å². The van der Waals surface area contributed by atoms with E-state index in [1.807, 2.05) is 19.2 Å². The van der Waals surface area contributed by atoms with Crippen LogP contribution in [0.15, 0.2) is 43.0 Å². The molecule has 0 bridgehead atoms. The summed E-state index contributed by atoms with van der Waals surface area (Å²) in [5, 5.41) is 3.11. The third-order valence-corrected chi connectivity index (χ3v) is 2.69. The summed E-state index contributed by atoms with van der Waals surface area (Å²) in [7, 11) is 1.82. The van der Waals surface area contributed by atoms with Crippen LogP contribution in [0.2, 0.25) is 0 Å². The van der Waals surface area contributed by atoms with Crippen molar-refractivity contribution in [3.63, 3.8) is 0 Å². The van der Waals surface area contributed by atoms with Gasteiger partial charge in [0.25, 0.3) is 0 Å². The van der Waals surface area contributed by atoms with Crippen LogP contribution in [-0.4, -0.2) is 17.0 Å². The normalized spacial score (nSPS) is 12.4. The number of hydrogen-bond donors (Lipinski definition) is 1. The minimum absolute atomic E-state index is 0.0674. The smallest absolute Gasteiger partial charge is 0.146 e. The molecule has 1 unspecified atom stereocenters. The van der Waals surface area contributed by atoms with Gasteiger partial charge in [-0.25, -0.2) is 4.39 Å². The molecule has 2 aromatic rings. The standard InChI is InChI=1S/C13H14FN3/c1-15-13(7-10-3-2-5-16-8-10)11-4-6-17-9-12(11)14/h2-6,8-9,13,15H,7H2,1H3. The maximum absolute atomic E-state index is 13.6. The third-order valence-electron chi connectivity index (χ3n) is 2.69. The van der Waals surface area contributed by atoms with Crippen molar-refractivity contribution in [3.8, 4) is 0 Å². The average Bonchev–Trinajstić information content (AvgIpc) is 2.38. The molecule has 0 spiro atoms. The first-order valence-electron chi connectivity index (χ1n) is 5.47. The Morgan fingerprint density at radius 1 is 1.24 bits per heavy atom. The number of nitrogens with one attached hydrogen (secondary N) is 1. The molecule has 0 aliphatic heterocycles. The highest BCUT2D eigenvalue weighted by Gasteiger charge is 2.14. The molecular formula is C13H14FN3. The van der Waals surface area contributed by atoms with Crippen LogP contribution in [0.3, 0.4) is 0 Å². The van der Waals surface area contributed by atoms with Gasteiger partial charge in [0.2, 0.25) is 0 Å². The van der Waals surface area contributed by atoms with Gasteiger partial charge in [-0.15, -0.1) is 0 Å². The van der Waals surface area contributed by atoms with Crippen molar-refractivity contribution >= 4 is 0 Å². The second-order valence-corrected chi connectivity index (χ2v) is 3.80. The monoisotopic (exact) mass is 231 g/mol. The predicted octanol–water partition coefficient (Wildman–Crippen LogP) is 2.12. The first-order valence-corrected chi connectivity index (χ1v) is 5.47. The third kappa shape index (κ3) is 2.85. The molecule has 2 heterocycles. The Bertz CT molecular complexity index is 473. The molecule has 3 nitrogen and oxygen atoms in total. The molecule has 1 N–H and O–H groups in total. The molecule has 0 amide bonds. The van der Waals surface area contributed by atoms with Gasteiger partial charge in [0.15, 0.2) is 0 Å². The largest absolute Gasteiger partial charge is 0.313 e. The number of likely N-dealkylation sites (N-methyl/N-ethyl adjacent to an activating group) is 1. The minimum Gasteiger partial charge on any atom is -0.313 e. The molecule has 2 aromatic heterocycles. The second-order valence-electron chi connectivity index (χ2n) is 3.80. The lowest BCUT2D eigenvalue weighted by Crippen LogP contribution is -2.20. The van der Waals surface area contributed by atoms with E-state index in [0.29, 0.717) is 12.0 Å². The van der Waals surface area contributed by atoms with Crippen molar-refractivity contribution in [2.45, 2.75) is 12.5 Å². The average molecular weight is 231 g/mol. The van der Waals surface area contributed by atoms with E-state index in [-0.39, 0.29) is 11.9 Å². The first-order chi connectivity index (χ1) is 8.31. The van der Waals surface area contributed by atoms with Gasteiger partial charge >= 0.3 is 0 Å². The molecule has 0 fully saturated rings. The fourth-order valence-corrected chi connectivity index (χ4v) is 1.79. The number of halogens is 1. The number of pyridine rings is 2. The van der Waals surface area contributed by atoms with Crippen molar-refractivity contribution in [1.29, 1.82) is 0 Å². The highest BCUT2D eigenvalue weighted by Crippen LogP contribution is 2.19.